The van der Waals surface area contributed by atoms with Gasteiger partial charge in [0.25, 0.3) is 0 Å². The van der Waals surface area contributed by atoms with Gasteiger partial charge in [-0.25, -0.2) is 0 Å². The highest BCUT2D eigenvalue weighted by Crippen LogP contribution is 2.23. The Morgan fingerprint density at radius 2 is 1.06 bits per heavy atom. The molecule has 0 radical (unpaired) electrons. The van der Waals surface area contributed by atoms with Gasteiger partial charge in [0.05, 0.1) is 0 Å². The molecule has 0 heterocycles. The van der Waals surface area contributed by atoms with Gasteiger partial charge in [-0.2, -0.15) is 0 Å². The molecule has 0 saturated carbocycles. The van der Waals surface area contributed by atoms with Crippen LogP contribution >= 0.6 is 0 Å². The van der Waals surface area contributed by atoms with E-state index in [0.29, 0.717) is 18.0 Å². The van der Waals surface area contributed by atoms with Crippen LogP contribution in [0.2, 0.25) is 0 Å². The van der Waals surface area contributed by atoms with Crippen molar-refractivity contribution in [2.45, 2.75) is 92.2 Å². The zero-order valence-electron chi connectivity index (χ0n) is 13.3. The molecule has 2 heteroatoms. The summed E-state index contributed by atoms with van der Waals surface area (Å²) in [5.74, 6) is 0.605. The number of carbonyl (C=O) groups excluding carboxylic acids is 1. The maximum atomic E-state index is 12.7. The summed E-state index contributed by atoms with van der Waals surface area (Å²) in [4.78, 5) is 15.0. The van der Waals surface area contributed by atoms with E-state index in [0.717, 1.165) is 38.5 Å². The molecule has 0 saturated heterocycles. The molecule has 0 N–H and O–H groups in total. The van der Waals surface area contributed by atoms with Crippen LogP contribution in [-0.4, -0.2) is 22.9 Å². The minimum atomic E-state index is 0.214. The Morgan fingerprint density at radius 1 is 0.722 bits per heavy atom. The van der Waals surface area contributed by atoms with Crippen LogP contribution in [-0.2, 0) is 4.79 Å². The quantitative estimate of drug-likeness (QED) is 0.588. The molecule has 0 bridgehead atoms. The first-order chi connectivity index (χ1) is 8.60. The Labute approximate surface area is 114 Å². The number of carbonyl (C=O) groups is 1. The molecule has 1 amide bonds. The average Bonchev–Trinajstić information content (AvgIpc) is 2.40. The number of nitrogens with zero attached hydrogens (tertiary/aromatic N) is 1. The van der Waals surface area contributed by atoms with Crippen molar-refractivity contribution in [1.82, 2.24) is 4.90 Å². The number of amides is 1. The van der Waals surface area contributed by atoms with Crippen molar-refractivity contribution in [3.8, 4) is 0 Å². The fraction of sp³-hybridized carbons (Fsp3) is 0.938. The molecule has 0 aromatic heterocycles. The van der Waals surface area contributed by atoms with Crippen molar-refractivity contribution in [1.29, 1.82) is 0 Å². The summed E-state index contributed by atoms with van der Waals surface area (Å²) < 4.78 is 0. The normalized spacial score (nSPS) is 11.6. The summed E-state index contributed by atoms with van der Waals surface area (Å²) in [5, 5.41) is 0. The van der Waals surface area contributed by atoms with Crippen molar-refractivity contribution < 1.29 is 4.79 Å². The topological polar surface area (TPSA) is 20.3 Å². The maximum absolute atomic E-state index is 12.7. The molecule has 0 aliphatic rings. The van der Waals surface area contributed by atoms with Crippen LogP contribution in [0.3, 0.4) is 0 Å². The fourth-order valence-electron chi connectivity index (χ4n) is 2.87. The van der Waals surface area contributed by atoms with Crippen LogP contribution in [0.1, 0.15) is 80.1 Å². The van der Waals surface area contributed by atoms with Gasteiger partial charge < -0.3 is 4.90 Å². The van der Waals surface area contributed by atoms with Gasteiger partial charge in [-0.05, 0) is 38.5 Å². The molecule has 0 rings (SSSR count). The van der Waals surface area contributed by atoms with E-state index >= 15 is 0 Å². The highest BCUT2D eigenvalue weighted by molar-refractivity contribution is 5.79. The summed E-state index contributed by atoms with van der Waals surface area (Å²) in [7, 11) is 0. The Balaban J connectivity index is 5.11. The third-order valence-corrected chi connectivity index (χ3v) is 4.26. The molecule has 0 atom stereocenters. The zero-order chi connectivity index (χ0) is 14.1. The lowest BCUT2D eigenvalue weighted by molar-refractivity contribution is -0.141. The smallest absolute Gasteiger partial charge is 0.226 e. The zero-order valence-corrected chi connectivity index (χ0v) is 13.3. The highest BCUT2D eigenvalue weighted by Gasteiger charge is 2.30. The van der Waals surface area contributed by atoms with Crippen LogP contribution in [0, 0.1) is 5.92 Å². The maximum Gasteiger partial charge on any atom is 0.226 e. The minimum Gasteiger partial charge on any atom is -0.337 e. The van der Waals surface area contributed by atoms with Crippen LogP contribution in [0.25, 0.3) is 0 Å². The Hall–Kier alpha value is -0.530. The molecule has 0 aliphatic heterocycles. The van der Waals surface area contributed by atoms with E-state index in [1.54, 1.807) is 0 Å². The van der Waals surface area contributed by atoms with Crippen LogP contribution in [0.4, 0.5) is 0 Å². The molecule has 0 aromatic rings. The molecule has 0 aromatic carbocycles. The molecular weight excluding hydrogens is 222 g/mol. The third-order valence-electron chi connectivity index (χ3n) is 4.26. The van der Waals surface area contributed by atoms with Gasteiger partial charge in [-0.15, -0.1) is 0 Å². The largest absolute Gasteiger partial charge is 0.337 e. The molecule has 0 fully saturated rings. The standard InChI is InChI=1S/C16H33NO/c1-7-13(8-2)16(18)17(14(9-3)10-4)15(11-5)12-6/h13-15H,7-12H2,1-6H3. The summed E-state index contributed by atoms with van der Waals surface area (Å²) in [6.45, 7) is 13.1. The van der Waals surface area contributed by atoms with E-state index < -0.39 is 0 Å². The molecule has 0 aliphatic carbocycles. The predicted molar refractivity (Wildman–Crippen MR) is 79.7 cm³/mol. The van der Waals surface area contributed by atoms with E-state index in [-0.39, 0.29) is 5.92 Å². The van der Waals surface area contributed by atoms with Gasteiger partial charge in [-0.3, -0.25) is 4.79 Å². The van der Waals surface area contributed by atoms with E-state index in [1.165, 1.54) is 0 Å². The second-order valence-electron chi connectivity index (χ2n) is 5.20. The highest BCUT2D eigenvalue weighted by atomic mass is 16.2. The van der Waals surface area contributed by atoms with E-state index in [1.807, 2.05) is 0 Å². The van der Waals surface area contributed by atoms with Crippen molar-refractivity contribution in [3.63, 3.8) is 0 Å². The van der Waals surface area contributed by atoms with E-state index in [9.17, 15) is 4.79 Å². The molecule has 108 valence electrons. The lowest BCUT2D eigenvalue weighted by atomic mass is 9.96. The van der Waals surface area contributed by atoms with Gasteiger partial charge >= 0.3 is 0 Å². The van der Waals surface area contributed by atoms with Crippen molar-refractivity contribution >= 4 is 5.91 Å². The van der Waals surface area contributed by atoms with Gasteiger partial charge in [0.1, 0.15) is 0 Å². The van der Waals surface area contributed by atoms with Crippen LogP contribution in [0.5, 0.6) is 0 Å². The van der Waals surface area contributed by atoms with Gasteiger partial charge in [0.2, 0.25) is 5.91 Å². The fourth-order valence-corrected chi connectivity index (χ4v) is 2.87. The van der Waals surface area contributed by atoms with Crippen LogP contribution < -0.4 is 0 Å². The van der Waals surface area contributed by atoms with E-state index in [2.05, 4.69) is 46.4 Å². The first kappa shape index (κ1) is 17.5. The second-order valence-corrected chi connectivity index (χ2v) is 5.20. The SMILES string of the molecule is CCC(CC)C(=O)N(C(CC)CC)C(CC)CC. The van der Waals surface area contributed by atoms with Gasteiger partial charge in [0, 0.05) is 18.0 Å². The molecule has 0 spiro atoms. The number of hydrogen-bond acceptors (Lipinski definition) is 1. The van der Waals surface area contributed by atoms with E-state index in [4.69, 9.17) is 0 Å². The number of hydrogen-bond donors (Lipinski definition) is 0. The molecule has 2 nitrogen and oxygen atoms in total. The lowest BCUT2D eigenvalue weighted by Gasteiger charge is -2.39. The summed E-state index contributed by atoms with van der Waals surface area (Å²) >= 11 is 0. The molecular formula is C16H33NO. The van der Waals surface area contributed by atoms with Gasteiger partial charge in [-0.1, -0.05) is 41.5 Å². The first-order valence-electron chi connectivity index (χ1n) is 7.92. The molecule has 0 unspecified atom stereocenters. The monoisotopic (exact) mass is 255 g/mol. The predicted octanol–water partition coefficient (Wildman–Crippen LogP) is 4.63. The van der Waals surface area contributed by atoms with Crippen molar-refractivity contribution in [2.75, 3.05) is 0 Å². The van der Waals surface area contributed by atoms with Crippen LogP contribution in [0.15, 0.2) is 0 Å². The minimum absolute atomic E-state index is 0.214. The number of rotatable bonds is 9. The lowest BCUT2D eigenvalue weighted by Crippen LogP contribution is -2.48. The Kier molecular flexibility index (Phi) is 9.13. The van der Waals surface area contributed by atoms with Gasteiger partial charge in [0.15, 0.2) is 0 Å². The molecule has 18 heavy (non-hydrogen) atoms. The van der Waals surface area contributed by atoms with Crippen molar-refractivity contribution in [2.24, 2.45) is 5.92 Å². The van der Waals surface area contributed by atoms with Crippen molar-refractivity contribution in [3.05, 3.63) is 0 Å². The summed E-state index contributed by atoms with van der Waals surface area (Å²) in [5.41, 5.74) is 0. The average molecular weight is 255 g/mol. The summed E-state index contributed by atoms with van der Waals surface area (Å²) in [6, 6.07) is 0.839. The Bertz CT molecular complexity index is 203. The summed E-state index contributed by atoms with van der Waals surface area (Å²) in [6.07, 6.45) is 6.20. The Morgan fingerprint density at radius 3 is 1.28 bits per heavy atom. The third kappa shape index (κ3) is 4.29. The first-order valence-corrected chi connectivity index (χ1v) is 7.92. The second kappa shape index (κ2) is 9.41.